The number of esters is 1. The molecule has 10 heteroatoms. The van der Waals surface area contributed by atoms with E-state index >= 15 is 0 Å². The van der Waals surface area contributed by atoms with E-state index in [-0.39, 0.29) is 42.2 Å². The average Bonchev–Trinajstić information content (AvgIpc) is 2.72. The summed E-state index contributed by atoms with van der Waals surface area (Å²) in [4.78, 5) is 46.7. The van der Waals surface area contributed by atoms with Crippen molar-refractivity contribution in [2.45, 2.75) is 39.2 Å². The molecule has 0 saturated carbocycles. The lowest BCUT2D eigenvalue weighted by molar-refractivity contribution is -0.154. The normalized spacial score (nSPS) is 11.4. The summed E-state index contributed by atoms with van der Waals surface area (Å²) >= 11 is 0. The molecule has 2 N–H and O–H groups in total. The van der Waals surface area contributed by atoms with Gasteiger partial charge in [0.2, 0.25) is 5.91 Å². The van der Waals surface area contributed by atoms with E-state index in [0.29, 0.717) is 24.4 Å². The number of hydrogen-bond donors (Lipinski definition) is 2. The lowest BCUT2D eigenvalue weighted by Gasteiger charge is -2.19. The maximum atomic E-state index is 12.0. The van der Waals surface area contributed by atoms with E-state index < -0.39 is 18.2 Å². The summed E-state index contributed by atoms with van der Waals surface area (Å²) < 4.78 is 16.0. The molecule has 1 rings (SSSR count). The topological polar surface area (TPSA) is 120 Å². The Kier molecular flexibility index (Phi) is 12.9. The number of anilines is 1. The average molecular weight is 470 g/mol. The Bertz CT molecular complexity index is 770. The lowest BCUT2D eigenvalue weighted by Crippen LogP contribution is -2.34. The van der Waals surface area contributed by atoms with Crippen LogP contribution in [0.15, 0.2) is 24.3 Å². The van der Waals surface area contributed by atoms with E-state index in [9.17, 15) is 19.2 Å². The van der Waals surface area contributed by atoms with Gasteiger partial charge in [-0.05, 0) is 36.4 Å². The maximum absolute atomic E-state index is 12.0. The number of Topliss-reactive ketones (excluding diaryl/α,β-unsaturated/α-hetero) is 1. The largest absolute Gasteiger partial charge is 0.490 e. The molecule has 178 valence electrons. The van der Waals surface area contributed by atoms with Gasteiger partial charge in [0.15, 0.2) is 6.10 Å². The van der Waals surface area contributed by atoms with Gasteiger partial charge >= 0.3 is 12.1 Å². The van der Waals surface area contributed by atoms with Crippen molar-refractivity contribution in [1.29, 1.82) is 0 Å². The van der Waals surface area contributed by atoms with Crippen molar-refractivity contribution in [2.75, 3.05) is 43.3 Å². The molecule has 2 amide bonds. The highest BCUT2D eigenvalue weighted by Crippen LogP contribution is 2.18. The Balaban J connectivity index is 2.67. The summed E-state index contributed by atoms with van der Waals surface area (Å²) in [6, 6.07) is 6.81. The predicted octanol–water partition coefficient (Wildman–Crippen LogP) is 2.30. The Labute approximate surface area is 191 Å². The van der Waals surface area contributed by atoms with Crippen molar-refractivity contribution in [3.05, 3.63) is 24.3 Å². The fourth-order valence-electron chi connectivity index (χ4n) is 2.37. The van der Waals surface area contributed by atoms with E-state index in [1.54, 1.807) is 24.3 Å². The Morgan fingerprint density at radius 1 is 1.12 bits per heavy atom. The third-order valence-corrected chi connectivity index (χ3v) is 4.92. The third kappa shape index (κ3) is 12.8. The predicted molar refractivity (Wildman–Crippen MR) is 124 cm³/mol. The van der Waals surface area contributed by atoms with Crippen LogP contribution in [0.3, 0.4) is 0 Å². The molecule has 0 aliphatic heterocycles. The standard InChI is InChI=1S/C22H32N2O7S/c1-5-10-23-22(28)30-15-19(31-21(27)12-16(2)25)14-29-18-8-6-7-17(13-18)24-20(26)9-11-32(3)4/h6-8,13,19H,5,9-12,14-15H2,1-4H3,(H-,23,24,26,28)/p+1. The lowest BCUT2D eigenvalue weighted by atomic mass is 10.3. The second kappa shape index (κ2) is 15.1. The SMILES string of the molecule is CCCNC(=O)OCC(COc1cccc(NC(=O)CC[S+](C)C)c1)OC(=O)CC(C)=O. The van der Waals surface area contributed by atoms with Crippen molar-refractivity contribution < 1.29 is 33.4 Å². The third-order valence-electron chi connectivity index (χ3n) is 3.90. The van der Waals surface area contributed by atoms with E-state index in [0.717, 1.165) is 12.2 Å². The first-order valence-corrected chi connectivity index (χ1v) is 12.6. The summed E-state index contributed by atoms with van der Waals surface area (Å²) in [7, 11) is 0.188. The van der Waals surface area contributed by atoms with Crippen LogP contribution in [-0.2, 0) is 34.8 Å². The molecule has 1 atom stereocenters. The van der Waals surface area contributed by atoms with E-state index in [4.69, 9.17) is 14.2 Å². The number of hydrogen-bond acceptors (Lipinski definition) is 7. The van der Waals surface area contributed by atoms with Gasteiger partial charge in [0.25, 0.3) is 0 Å². The molecular formula is C22H33N2O7S+. The second-order valence-corrected chi connectivity index (χ2v) is 9.72. The van der Waals surface area contributed by atoms with Crippen molar-refractivity contribution in [3.63, 3.8) is 0 Å². The van der Waals surface area contributed by atoms with Crippen molar-refractivity contribution in [2.24, 2.45) is 0 Å². The minimum atomic E-state index is -0.903. The van der Waals surface area contributed by atoms with Crippen LogP contribution in [0, 0.1) is 0 Å². The molecule has 1 aromatic carbocycles. The van der Waals surface area contributed by atoms with Gasteiger partial charge in [0, 0.05) is 18.3 Å². The van der Waals surface area contributed by atoms with Gasteiger partial charge in [-0.25, -0.2) is 4.79 Å². The summed E-state index contributed by atoms with van der Waals surface area (Å²) in [5.74, 6) is 0.122. The molecule has 1 aromatic rings. The van der Waals surface area contributed by atoms with E-state index in [1.165, 1.54) is 6.92 Å². The van der Waals surface area contributed by atoms with Crippen LogP contribution >= 0.6 is 0 Å². The number of alkyl carbamates (subject to hydrolysis) is 1. The van der Waals surface area contributed by atoms with Gasteiger partial charge in [-0.15, -0.1) is 0 Å². The second-order valence-electron chi connectivity index (χ2n) is 7.34. The van der Waals surface area contributed by atoms with E-state index in [1.807, 2.05) is 6.92 Å². The molecule has 32 heavy (non-hydrogen) atoms. The Morgan fingerprint density at radius 2 is 1.88 bits per heavy atom. The number of rotatable bonds is 14. The van der Waals surface area contributed by atoms with Crippen LogP contribution in [0.5, 0.6) is 5.75 Å². The number of benzene rings is 1. The van der Waals surface area contributed by atoms with Crippen LogP contribution in [0.4, 0.5) is 10.5 Å². The van der Waals surface area contributed by atoms with Crippen LogP contribution in [0.25, 0.3) is 0 Å². The fourth-order valence-corrected chi connectivity index (χ4v) is 2.96. The summed E-state index contributed by atoms with van der Waals surface area (Å²) in [6.45, 7) is 3.31. The molecule has 0 aliphatic carbocycles. The monoisotopic (exact) mass is 469 g/mol. The molecule has 9 nitrogen and oxygen atoms in total. The van der Waals surface area contributed by atoms with Crippen LogP contribution in [-0.4, -0.2) is 67.9 Å². The van der Waals surface area contributed by atoms with Crippen molar-refractivity contribution in [3.8, 4) is 5.75 Å². The first-order valence-electron chi connectivity index (χ1n) is 10.4. The molecule has 0 bridgehead atoms. The number of carbonyl (C=O) groups excluding carboxylic acids is 4. The zero-order chi connectivity index (χ0) is 23.9. The van der Waals surface area contributed by atoms with Gasteiger partial charge in [0.05, 0.1) is 18.9 Å². The fraction of sp³-hybridized carbons (Fsp3) is 0.545. The summed E-state index contributed by atoms with van der Waals surface area (Å²) in [5.41, 5.74) is 0.583. The molecule has 0 heterocycles. The van der Waals surface area contributed by atoms with Gasteiger partial charge in [0.1, 0.15) is 36.9 Å². The summed E-state index contributed by atoms with van der Waals surface area (Å²) in [5, 5.41) is 5.38. The minimum Gasteiger partial charge on any atom is -0.490 e. The Morgan fingerprint density at radius 3 is 2.53 bits per heavy atom. The number of nitrogens with one attached hydrogen (secondary N) is 2. The number of ketones is 1. The molecular weight excluding hydrogens is 436 g/mol. The van der Waals surface area contributed by atoms with E-state index in [2.05, 4.69) is 23.1 Å². The van der Waals surface area contributed by atoms with Crippen molar-refractivity contribution in [1.82, 2.24) is 5.32 Å². The summed E-state index contributed by atoms with van der Waals surface area (Å²) in [6.07, 6.45) is 3.44. The van der Waals surface area contributed by atoms with Gasteiger partial charge in [-0.1, -0.05) is 13.0 Å². The molecule has 0 saturated heterocycles. The van der Waals surface area contributed by atoms with Crippen LogP contribution in [0.2, 0.25) is 0 Å². The van der Waals surface area contributed by atoms with Gasteiger partial charge in [-0.3, -0.25) is 14.4 Å². The first-order chi connectivity index (χ1) is 15.2. The van der Waals surface area contributed by atoms with Crippen LogP contribution < -0.4 is 15.4 Å². The number of carbonyl (C=O) groups is 4. The molecule has 0 spiro atoms. The number of ether oxygens (including phenoxy) is 3. The van der Waals surface area contributed by atoms with Gasteiger partial charge < -0.3 is 24.8 Å². The molecule has 1 unspecified atom stereocenters. The molecule has 0 aromatic heterocycles. The highest BCUT2D eigenvalue weighted by Gasteiger charge is 2.19. The van der Waals surface area contributed by atoms with Gasteiger partial charge in [-0.2, -0.15) is 0 Å². The quantitative estimate of drug-likeness (QED) is 0.244. The molecule has 0 fully saturated rings. The van der Waals surface area contributed by atoms with Crippen LogP contribution in [0.1, 0.15) is 33.1 Å². The smallest absolute Gasteiger partial charge is 0.407 e. The zero-order valence-corrected chi connectivity index (χ0v) is 19.9. The van der Waals surface area contributed by atoms with Crippen molar-refractivity contribution >= 4 is 40.3 Å². The maximum Gasteiger partial charge on any atom is 0.407 e. The zero-order valence-electron chi connectivity index (χ0n) is 19.1. The Hall–Kier alpha value is -2.75. The number of amides is 2. The highest BCUT2D eigenvalue weighted by molar-refractivity contribution is 7.95. The molecule has 0 aliphatic rings. The molecule has 0 radical (unpaired) electrons. The first kappa shape index (κ1) is 27.3. The highest BCUT2D eigenvalue weighted by atomic mass is 32.2. The minimum absolute atomic E-state index is 0.0779.